The van der Waals surface area contributed by atoms with Crippen LogP contribution in [-0.2, 0) is 9.53 Å². The smallest absolute Gasteiger partial charge is 0.263 e. The van der Waals surface area contributed by atoms with E-state index < -0.39 is 6.10 Å². The molecule has 0 saturated carbocycles. The minimum absolute atomic E-state index is 0.146. The third-order valence-corrected chi connectivity index (χ3v) is 3.11. The van der Waals surface area contributed by atoms with E-state index in [4.69, 9.17) is 15.3 Å². The van der Waals surface area contributed by atoms with Crippen LogP contribution in [-0.4, -0.2) is 24.7 Å². The lowest BCUT2D eigenvalue weighted by molar-refractivity contribution is -0.132. The molecule has 1 saturated heterocycles. The van der Waals surface area contributed by atoms with Gasteiger partial charge in [-0.15, -0.1) is 0 Å². The average Bonchev–Trinajstić information content (AvgIpc) is 2.88. The topological polar surface area (TPSA) is 73.6 Å². The number of hydrazine groups is 1. The molecule has 1 heterocycles. The van der Waals surface area contributed by atoms with E-state index in [1.54, 1.807) is 19.1 Å². The highest BCUT2D eigenvalue weighted by Crippen LogP contribution is 2.22. The average molecular weight is 268 g/mol. The zero-order valence-corrected chi connectivity index (χ0v) is 10.7. The van der Waals surface area contributed by atoms with Crippen LogP contribution in [0.15, 0.2) is 18.2 Å². The Morgan fingerprint density at radius 2 is 2.37 bits per heavy atom. The van der Waals surface area contributed by atoms with E-state index >= 15 is 0 Å². The van der Waals surface area contributed by atoms with Gasteiger partial charge < -0.3 is 9.47 Å². The molecule has 5 nitrogen and oxygen atoms in total. The van der Waals surface area contributed by atoms with E-state index in [2.05, 4.69) is 5.43 Å². The normalized spacial score (nSPS) is 22.3. The molecule has 0 bridgehead atoms. The van der Waals surface area contributed by atoms with Gasteiger partial charge in [0.05, 0.1) is 6.10 Å². The lowest BCUT2D eigenvalue weighted by Gasteiger charge is -2.14. The molecule has 2 unspecified atom stereocenters. The second-order valence-electron chi connectivity index (χ2n) is 4.55. The number of hydrogen-bond donors (Lipinski definition) is 2. The van der Waals surface area contributed by atoms with E-state index in [0.29, 0.717) is 24.3 Å². The van der Waals surface area contributed by atoms with Crippen LogP contribution >= 0.6 is 0 Å². The van der Waals surface area contributed by atoms with E-state index in [9.17, 15) is 9.18 Å². The first kappa shape index (κ1) is 13.8. The van der Waals surface area contributed by atoms with Crippen molar-refractivity contribution in [2.24, 2.45) is 5.84 Å². The van der Waals surface area contributed by atoms with Crippen molar-refractivity contribution in [3.8, 4) is 5.75 Å². The van der Waals surface area contributed by atoms with E-state index in [0.717, 1.165) is 6.42 Å². The molecule has 104 valence electrons. The standard InChI is InChI=1S/C13H17FN2O3/c1-8-6-9(2-4-11(8)14)18-7-10-3-5-12(19-10)13(17)16-15/h2,4,6,10,12H,3,5,7,15H2,1H3,(H,16,17). The summed E-state index contributed by atoms with van der Waals surface area (Å²) in [6, 6.07) is 4.57. The predicted octanol–water partition coefficient (Wildman–Crippen LogP) is 1.05. The number of nitrogens with one attached hydrogen (secondary N) is 1. The summed E-state index contributed by atoms with van der Waals surface area (Å²) in [7, 11) is 0. The van der Waals surface area contributed by atoms with E-state index in [-0.39, 0.29) is 17.8 Å². The van der Waals surface area contributed by atoms with Crippen molar-refractivity contribution < 1.29 is 18.7 Å². The summed E-state index contributed by atoms with van der Waals surface area (Å²) in [5, 5.41) is 0. The Kier molecular flexibility index (Phi) is 4.34. The molecule has 0 aromatic heterocycles. The number of carbonyl (C=O) groups excluding carboxylic acids is 1. The van der Waals surface area contributed by atoms with Gasteiger partial charge in [-0.05, 0) is 43.5 Å². The monoisotopic (exact) mass is 268 g/mol. The molecule has 1 aliphatic heterocycles. The van der Waals surface area contributed by atoms with Gasteiger partial charge in [0.1, 0.15) is 24.3 Å². The largest absolute Gasteiger partial charge is 0.491 e. The van der Waals surface area contributed by atoms with Crippen molar-refractivity contribution in [3.63, 3.8) is 0 Å². The van der Waals surface area contributed by atoms with E-state index in [1.165, 1.54) is 6.07 Å². The first-order valence-electron chi connectivity index (χ1n) is 6.15. The van der Waals surface area contributed by atoms with Crippen molar-refractivity contribution in [1.29, 1.82) is 0 Å². The quantitative estimate of drug-likeness (QED) is 0.486. The van der Waals surface area contributed by atoms with Crippen molar-refractivity contribution in [2.45, 2.75) is 32.0 Å². The van der Waals surface area contributed by atoms with Crippen LogP contribution in [0.3, 0.4) is 0 Å². The van der Waals surface area contributed by atoms with Crippen molar-refractivity contribution in [2.75, 3.05) is 6.61 Å². The van der Waals surface area contributed by atoms with Crippen LogP contribution in [0.2, 0.25) is 0 Å². The van der Waals surface area contributed by atoms with Crippen LogP contribution in [0.1, 0.15) is 18.4 Å². The Bertz CT molecular complexity index is 467. The summed E-state index contributed by atoms with van der Waals surface area (Å²) in [5.74, 6) is 5.06. The van der Waals surface area contributed by atoms with Gasteiger partial charge in [-0.1, -0.05) is 0 Å². The first-order valence-corrected chi connectivity index (χ1v) is 6.15. The summed E-state index contributed by atoms with van der Waals surface area (Å²) in [6.45, 7) is 2.01. The van der Waals surface area contributed by atoms with Gasteiger partial charge in [0.15, 0.2) is 0 Å². The molecule has 6 heteroatoms. The summed E-state index contributed by atoms with van der Waals surface area (Å²) in [6.07, 6.45) is 0.707. The Labute approximate surface area is 110 Å². The number of aryl methyl sites for hydroxylation is 1. The SMILES string of the molecule is Cc1cc(OCC2CCC(C(=O)NN)O2)ccc1F. The van der Waals surface area contributed by atoms with Crippen LogP contribution < -0.4 is 16.0 Å². The van der Waals surface area contributed by atoms with E-state index in [1.807, 2.05) is 0 Å². The third-order valence-electron chi connectivity index (χ3n) is 3.11. The molecule has 19 heavy (non-hydrogen) atoms. The van der Waals surface area contributed by atoms with Gasteiger partial charge in [-0.25, -0.2) is 10.2 Å². The first-order chi connectivity index (χ1) is 9.10. The fourth-order valence-electron chi connectivity index (χ4n) is 2.01. The lowest BCUT2D eigenvalue weighted by atomic mass is 10.2. The van der Waals surface area contributed by atoms with Gasteiger partial charge in [-0.3, -0.25) is 10.2 Å². The number of hydrogen-bond acceptors (Lipinski definition) is 4. The zero-order chi connectivity index (χ0) is 13.8. The van der Waals surface area contributed by atoms with Crippen molar-refractivity contribution >= 4 is 5.91 Å². The summed E-state index contributed by atoms with van der Waals surface area (Å²) < 4.78 is 24.1. The fourth-order valence-corrected chi connectivity index (χ4v) is 2.01. The minimum atomic E-state index is -0.506. The number of carbonyl (C=O) groups is 1. The Morgan fingerprint density at radius 1 is 1.58 bits per heavy atom. The molecular formula is C13H17FN2O3. The maximum absolute atomic E-state index is 13.1. The maximum Gasteiger partial charge on any atom is 0.263 e. The molecule has 1 aromatic carbocycles. The second kappa shape index (κ2) is 5.99. The number of benzene rings is 1. The molecule has 1 aromatic rings. The second-order valence-corrected chi connectivity index (χ2v) is 4.55. The lowest BCUT2D eigenvalue weighted by Crippen LogP contribution is -2.39. The van der Waals surface area contributed by atoms with Crippen molar-refractivity contribution in [1.82, 2.24) is 5.43 Å². The molecule has 3 N–H and O–H groups in total. The fraction of sp³-hybridized carbons (Fsp3) is 0.462. The molecule has 1 aliphatic rings. The van der Waals surface area contributed by atoms with Gasteiger partial charge >= 0.3 is 0 Å². The Morgan fingerprint density at radius 3 is 3.05 bits per heavy atom. The van der Waals surface area contributed by atoms with Crippen LogP contribution in [0.4, 0.5) is 4.39 Å². The predicted molar refractivity (Wildman–Crippen MR) is 66.9 cm³/mol. The number of amides is 1. The Hall–Kier alpha value is -1.66. The summed E-state index contributed by atoms with van der Waals surface area (Å²) >= 11 is 0. The van der Waals surface area contributed by atoms with Gasteiger partial charge in [0.2, 0.25) is 0 Å². The van der Waals surface area contributed by atoms with Gasteiger partial charge in [0.25, 0.3) is 5.91 Å². The molecule has 1 amide bonds. The Balaban J connectivity index is 1.83. The maximum atomic E-state index is 13.1. The zero-order valence-electron chi connectivity index (χ0n) is 10.7. The highest BCUT2D eigenvalue weighted by molar-refractivity contribution is 5.80. The molecule has 2 atom stereocenters. The molecule has 1 fully saturated rings. The molecule has 0 radical (unpaired) electrons. The van der Waals surface area contributed by atoms with Gasteiger partial charge in [-0.2, -0.15) is 0 Å². The highest BCUT2D eigenvalue weighted by Gasteiger charge is 2.30. The number of ether oxygens (including phenoxy) is 2. The molecule has 0 aliphatic carbocycles. The summed E-state index contributed by atoms with van der Waals surface area (Å²) in [4.78, 5) is 11.3. The van der Waals surface area contributed by atoms with Crippen molar-refractivity contribution in [3.05, 3.63) is 29.6 Å². The van der Waals surface area contributed by atoms with Crippen LogP contribution in [0.5, 0.6) is 5.75 Å². The third kappa shape index (κ3) is 3.42. The summed E-state index contributed by atoms with van der Waals surface area (Å²) in [5.41, 5.74) is 2.60. The van der Waals surface area contributed by atoms with Gasteiger partial charge in [0, 0.05) is 0 Å². The molecular weight excluding hydrogens is 251 g/mol. The number of halogens is 1. The van der Waals surface area contributed by atoms with Crippen LogP contribution in [0.25, 0.3) is 0 Å². The number of nitrogens with two attached hydrogens (primary N) is 1. The minimum Gasteiger partial charge on any atom is -0.491 e. The molecule has 2 rings (SSSR count). The molecule has 0 spiro atoms. The number of rotatable bonds is 4. The highest BCUT2D eigenvalue weighted by atomic mass is 19.1. The van der Waals surface area contributed by atoms with Crippen LogP contribution in [0, 0.1) is 12.7 Å².